The molecule has 1 atom stereocenters. The highest BCUT2D eigenvalue weighted by molar-refractivity contribution is 6.02. The first-order chi connectivity index (χ1) is 11.9. The number of urea groups is 1. The maximum atomic E-state index is 12.3. The lowest BCUT2D eigenvalue weighted by Crippen LogP contribution is -2.40. The number of carboxylic acid groups (broad SMARTS) is 1. The van der Waals surface area contributed by atoms with Crippen LogP contribution >= 0.6 is 0 Å². The van der Waals surface area contributed by atoms with Crippen LogP contribution in [0.15, 0.2) is 24.3 Å². The molecule has 0 bridgehead atoms. The number of benzene rings is 1. The van der Waals surface area contributed by atoms with Crippen LogP contribution in [0.3, 0.4) is 0 Å². The first-order valence-corrected chi connectivity index (χ1v) is 8.13. The van der Waals surface area contributed by atoms with Crippen molar-refractivity contribution in [3.05, 3.63) is 35.4 Å². The van der Waals surface area contributed by atoms with E-state index in [0.717, 1.165) is 11.3 Å². The SMILES string of the molecule is CCCCC(NC(=O)c1cccc(CN2C(=O)CNC2=O)c1)C(=O)O. The van der Waals surface area contributed by atoms with E-state index in [1.165, 1.54) is 0 Å². The molecule has 25 heavy (non-hydrogen) atoms. The van der Waals surface area contributed by atoms with E-state index in [1.807, 2.05) is 6.92 Å². The van der Waals surface area contributed by atoms with Gasteiger partial charge >= 0.3 is 12.0 Å². The van der Waals surface area contributed by atoms with Gasteiger partial charge in [-0.25, -0.2) is 9.59 Å². The summed E-state index contributed by atoms with van der Waals surface area (Å²) in [5.41, 5.74) is 0.894. The molecule has 1 saturated heterocycles. The van der Waals surface area contributed by atoms with Crippen molar-refractivity contribution in [1.82, 2.24) is 15.5 Å². The van der Waals surface area contributed by atoms with Gasteiger partial charge in [0.05, 0.1) is 13.1 Å². The Balaban J connectivity index is 2.06. The van der Waals surface area contributed by atoms with Crippen LogP contribution in [0.1, 0.15) is 42.1 Å². The van der Waals surface area contributed by atoms with Crippen molar-refractivity contribution in [2.24, 2.45) is 0 Å². The van der Waals surface area contributed by atoms with Crippen LogP contribution < -0.4 is 10.6 Å². The minimum Gasteiger partial charge on any atom is -0.480 e. The fraction of sp³-hybridized carbons (Fsp3) is 0.412. The Labute approximate surface area is 145 Å². The van der Waals surface area contributed by atoms with Gasteiger partial charge in [-0.2, -0.15) is 0 Å². The number of amides is 4. The zero-order valence-electron chi connectivity index (χ0n) is 13.9. The minimum absolute atomic E-state index is 0.0310. The Hall–Kier alpha value is -2.90. The summed E-state index contributed by atoms with van der Waals surface area (Å²) >= 11 is 0. The lowest BCUT2D eigenvalue weighted by molar-refractivity contribution is -0.139. The number of rotatable bonds is 8. The first kappa shape index (κ1) is 18.4. The number of hydrogen-bond acceptors (Lipinski definition) is 4. The van der Waals surface area contributed by atoms with Gasteiger partial charge in [-0.1, -0.05) is 31.9 Å². The highest BCUT2D eigenvalue weighted by Gasteiger charge is 2.28. The molecule has 0 saturated carbocycles. The molecule has 1 aromatic carbocycles. The van der Waals surface area contributed by atoms with Crippen molar-refractivity contribution in [2.45, 2.75) is 38.8 Å². The van der Waals surface area contributed by atoms with Crippen LogP contribution in [0, 0.1) is 0 Å². The maximum absolute atomic E-state index is 12.3. The van der Waals surface area contributed by atoms with Crippen LogP contribution in [0.25, 0.3) is 0 Å². The summed E-state index contributed by atoms with van der Waals surface area (Å²) in [5.74, 6) is -1.90. The molecule has 3 N–H and O–H groups in total. The Morgan fingerprint density at radius 3 is 2.72 bits per heavy atom. The predicted octanol–water partition coefficient (Wildman–Crippen LogP) is 1.11. The van der Waals surface area contributed by atoms with Gasteiger partial charge in [0, 0.05) is 5.56 Å². The highest BCUT2D eigenvalue weighted by Crippen LogP contribution is 2.12. The Kier molecular flexibility index (Phi) is 6.10. The Morgan fingerprint density at radius 1 is 1.36 bits per heavy atom. The summed E-state index contributed by atoms with van der Waals surface area (Å²) in [7, 11) is 0. The quantitative estimate of drug-likeness (QED) is 0.609. The second-order valence-electron chi connectivity index (χ2n) is 5.85. The molecule has 4 amide bonds. The van der Waals surface area contributed by atoms with Crippen LogP contribution in [0.4, 0.5) is 4.79 Å². The molecule has 8 heteroatoms. The lowest BCUT2D eigenvalue weighted by Gasteiger charge is -2.15. The smallest absolute Gasteiger partial charge is 0.326 e. The third-order valence-corrected chi connectivity index (χ3v) is 3.92. The second kappa shape index (κ2) is 8.27. The molecule has 0 spiro atoms. The van der Waals surface area contributed by atoms with Crippen molar-refractivity contribution in [3.8, 4) is 0 Å². The molecule has 1 aliphatic heterocycles. The lowest BCUT2D eigenvalue weighted by atomic mass is 10.1. The molecule has 8 nitrogen and oxygen atoms in total. The monoisotopic (exact) mass is 347 g/mol. The summed E-state index contributed by atoms with van der Waals surface area (Å²) in [6.45, 7) is 1.97. The van der Waals surface area contributed by atoms with Gasteiger partial charge in [0.25, 0.3) is 5.91 Å². The molecule has 0 aliphatic carbocycles. The number of nitrogens with zero attached hydrogens (tertiary/aromatic N) is 1. The topological polar surface area (TPSA) is 116 Å². The molecular weight excluding hydrogens is 326 g/mol. The van der Waals surface area contributed by atoms with Crippen LogP contribution in [0.5, 0.6) is 0 Å². The highest BCUT2D eigenvalue weighted by atomic mass is 16.4. The summed E-state index contributed by atoms with van der Waals surface area (Å²) in [6, 6.07) is 5.02. The maximum Gasteiger partial charge on any atom is 0.326 e. The summed E-state index contributed by atoms with van der Waals surface area (Å²) in [4.78, 5) is 47.8. The average Bonchev–Trinajstić information content (AvgIpc) is 2.90. The van der Waals surface area contributed by atoms with Gasteiger partial charge in [0.15, 0.2) is 0 Å². The molecule has 1 aliphatic rings. The van der Waals surface area contributed by atoms with Crippen LogP contribution in [-0.4, -0.2) is 46.4 Å². The van der Waals surface area contributed by atoms with E-state index in [1.54, 1.807) is 24.3 Å². The molecular formula is C17H21N3O5. The van der Waals surface area contributed by atoms with E-state index in [-0.39, 0.29) is 24.6 Å². The molecule has 1 aromatic rings. The van der Waals surface area contributed by atoms with Crippen molar-refractivity contribution < 1.29 is 24.3 Å². The molecule has 2 rings (SSSR count). The van der Waals surface area contributed by atoms with Gasteiger partial charge < -0.3 is 15.7 Å². The van der Waals surface area contributed by atoms with Gasteiger partial charge in [0.1, 0.15) is 6.04 Å². The van der Waals surface area contributed by atoms with Crippen molar-refractivity contribution in [3.63, 3.8) is 0 Å². The Bertz CT molecular complexity index is 673. The molecule has 1 unspecified atom stereocenters. The zero-order valence-corrected chi connectivity index (χ0v) is 13.9. The number of carbonyl (C=O) groups excluding carboxylic acids is 3. The second-order valence-corrected chi connectivity index (χ2v) is 5.85. The van der Waals surface area contributed by atoms with E-state index in [0.29, 0.717) is 18.4 Å². The molecule has 0 aromatic heterocycles. The van der Waals surface area contributed by atoms with Gasteiger partial charge in [-0.3, -0.25) is 14.5 Å². The largest absolute Gasteiger partial charge is 0.480 e. The summed E-state index contributed by atoms with van der Waals surface area (Å²) < 4.78 is 0. The number of aliphatic carboxylic acids is 1. The Morgan fingerprint density at radius 2 is 2.12 bits per heavy atom. The molecule has 1 heterocycles. The van der Waals surface area contributed by atoms with E-state index < -0.39 is 23.9 Å². The summed E-state index contributed by atoms with van der Waals surface area (Å²) in [5, 5.41) is 14.1. The van der Waals surface area contributed by atoms with Gasteiger partial charge in [-0.15, -0.1) is 0 Å². The number of nitrogens with one attached hydrogen (secondary N) is 2. The summed E-state index contributed by atoms with van der Waals surface area (Å²) in [6.07, 6.45) is 1.89. The van der Waals surface area contributed by atoms with Crippen LogP contribution in [-0.2, 0) is 16.1 Å². The fourth-order valence-corrected chi connectivity index (χ4v) is 2.52. The van der Waals surface area contributed by atoms with Gasteiger partial charge in [0.2, 0.25) is 5.91 Å². The number of hydrogen-bond donors (Lipinski definition) is 3. The van der Waals surface area contributed by atoms with E-state index in [4.69, 9.17) is 0 Å². The third kappa shape index (κ3) is 4.79. The fourth-order valence-electron chi connectivity index (χ4n) is 2.52. The normalized spacial score (nSPS) is 15.0. The van der Waals surface area contributed by atoms with E-state index >= 15 is 0 Å². The number of carbonyl (C=O) groups is 4. The number of unbranched alkanes of at least 4 members (excludes halogenated alkanes) is 1. The average molecular weight is 347 g/mol. The first-order valence-electron chi connectivity index (χ1n) is 8.13. The molecule has 1 fully saturated rings. The molecule has 134 valence electrons. The minimum atomic E-state index is -1.07. The van der Waals surface area contributed by atoms with Crippen molar-refractivity contribution >= 4 is 23.8 Å². The standard InChI is InChI=1S/C17H21N3O5/c1-2-3-7-13(16(23)24)19-15(22)12-6-4-5-11(8-12)10-20-14(21)9-18-17(20)25/h4-6,8,13H,2-3,7,9-10H2,1H3,(H,18,25)(H,19,22)(H,23,24). The van der Waals surface area contributed by atoms with Gasteiger partial charge in [-0.05, 0) is 24.1 Å². The predicted molar refractivity (Wildman–Crippen MR) is 88.8 cm³/mol. The zero-order chi connectivity index (χ0) is 18.4. The third-order valence-electron chi connectivity index (χ3n) is 3.92. The van der Waals surface area contributed by atoms with Crippen molar-refractivity contribution in [2.75, 3.05) is 6.54 Å². The number of imide groups is 1. The van der Waals surface area contributed by atoms with Crippen molar-refractivity contribution in [1.29, 1.82) is 0 Å². The van der Waals surface area contributed by atoms with E-state index in [2.05, 4.69) is 10.6 Å². The van der Waals surface area contributed by atoms with E-state index in [9.17, 15) is 24.3 Å². The number of carboxylic acids is 1. The van der Waals surface area contributed by atoms with Crippen LogP contribution in [0.2, 0.25) is 0 Å². The molecule has 0 radical (unpaired) electrons.